The second-order valence-corrected chi connectivity index (χ2v) is 12.3. The highest BCUT2D eigenvalue weighted by molar-refractivity contribution is 5.78. The van der Waals surface area contributed by atoms with Gasteiger partial charge in [-0.2, -0.15) is 8.78 Å². The number of hydrogen-bond donors (Lipinski definition) is 0. The van der Waals surface area contributed by atoms with E-state index in [2.05, 4.69) is 0 Å². The number of alkyl halides is 2. The molecule has 8 aliphatic rings. The maximum absolute atomic E-state index is 13.4. The van der Waals surface area contributed by atoms with Crippen LogP contribution in [0.1, 0.15) is 77.6 Å². The van der Waals surface area contributed by atoms with E-state index in [9.17, 15) is 18.4 Å². The van der Waals surface area contributed by atoms with E-state index in [0.29, 0.717) is 25.7 Å². The van der Waals surface area contributed by atoms with Gasteiger partial charge in [0.15, 0.2) is 6.79 Å². The van der Waals surface area contributed by atoms with E-state index < -0.39 is 23.4 Å². The molecule has 0 spiro atoms. The number of ether oxygens (including phenoxy) is 3. The number of halogens is 2. The van der Waals surface area contributed by atoms with Crippen molar-refractivity contribution in [2.24, 2.45) is 40.9 Å². The van der Waals surface area contributed by atoms with Gasteiger partial charge in [-0.15, -0.1) is 0 Å². The molecule has 0 heterocycles. The van der Waals surface area contributed by atoms with Crippen molar-refractivity contribution in [1.82, 2.24) is 0 Å². The molecule has 0 aromatic rings. The van der Waals surface area contributed by atoms with Crippen molar-refractivity contribution in [3.63, 3.8) is 0 Å². The van der Waals surface area contributed by atoms with E-state index >= 15 is 0 Å². The highest BCUT2D eigenvalue weighted by Crippen LogP contribution is 2.61. The first-order valence-corrected chi connectivity index (χ1v) is 12.5. The van der Waals surface area contributed by atoms with Crippen LogP contribution in [0.5, 0.6) is 0 Å². The molecule has 2 unspecified atom stereocenters. The van der Waals surface area contributed by atoms with Crippen molar-refractivity contribution in [3.8, 4) is 0 Å². The summed E-state index contributed by atoms with van der Waals surface area (Å²) in [6, 6.07) is 0. The molecule has 0 aliphatic heterocycles. The zero-order valence-corrected chi connectivity index (χ0v) is 18.8. The maximum Gasteiger partial charge on any atom is 0.376 e. The SMILES string of the molecule is CC(F)(F)C(=O)OC1C2CC3CC1CC(C(=O)OCOC14CC5CC(CC(C5)C1)C4)(C3)C2. The molecule has 8 saturated carbocycles. The number of hydrogen-bond acceptors (Lipinski definition) is 5. The van der Waals surface area contributed by atoms with Gasteiger partial charge in [0.2, 0.25) is 0 Å². The lowest BCUT2D eigenvalue weighted by Crippen LogP contribution is -2.58. The van der Waals surface area contributed by atoms with Gasteiger partial charge in [0.25, 0.3) is 0 Å². The van der Waals surface area contributed by atoms with Crippen LogP contribution >= 0.6 is 0 Å². The Kier molecular flexibility index (Phi) is 4.75. The summed E-state index contributed by atoms with van der Waals surface area (Å²) in [5, 5.41) is 0. The molecule has 178 valence electrons. The lowest BCUT2D eigenvalue weighted by molar-refractivity contribution is -0.228. The Morgan fingerprint density at radius 2 is 1.38 bits per heavy atom. The highest BCUT2D eigenvalue weighted by atomic mass is 19.3. The minimum atomic E-state index is -3.49. The number of rotatable bonds is 6. The lowest BCUT2D eigenvalue weighted by atomic mass is 9.48. The van der Waals surface area contributed by atoms with E-state index in [1.165, 1.54) is 19.3 Å². The van der Waals surface area contributed by atoms with Gasteiger partial charge in [-0.25, -0.2) is 4.79 Å². The predicted octanol–water partition coefficient (Wildman–Crippen LogP) is 4.87. The fourth-order valence-corrected chi connectivity index (χ4v) is 9.22. The molecule has 0 N–H and O–H groups in total. The van der Waals surface area contributed by atoms with Crippen LogP contribution in [-0.2, 0) is 23.8 Å². The minimum absolute atomic E-state index is 0.0210. The van der Waals surface area contributed by atoms with E-state index in [-0.39, 0.29) is 30.2 Å². The van der Waals surface area contributed by atoms with Crippen LogP contribution in [0.4, 0.5) is 8.78 Å². The quantitative estimate of drug-likeness (QED) is 0.425. The predicted molar refractivity (Wildman–Crippen MR) is 109 cm³/mol. The third-order valence-corrected chi connectivity index (χ3v) is 9.76. The van der Waals surface area contributed by atoms with Crippen LogP contribution in [0.25, 0.3) is 0 Å². The Morgan fingerprint density at radius 3 is 1.91 bits per heavy atom. The molecular weight excluding hydrogens is 418 g/mol. The third-order valence-electron chi connectivity index (χ3n) is 9.76. The molecule has 7 heteroatoms. The molecule has 8 bridgehead atoms. The van der Waals surface area contributed by atoms with E-state index in [0.717, 1.165) is 56.3 Å². The molecule has 2 atom stereocenters. The normalized spacial score (nSPS) is 48.2. The van der Waals surface area contributed by atoms with Gasteiger partial charge in [-0.3, -0.25) is 4.79 Å². The minimum Gasteiger partial charge on any atom is -0.457 e. The topological polar surface area (TPSA) is 61.8 Å². The largest absolute Gasteiger partial charge is 0.457 e. The summed E-state index contributed by atoms with van der Waals surface area (Å²) in [5.41, 5.74) is -0.667. The molecule has 0 amide bonds. The fourth-order valence-electron chi connectivity index (χ4n) is 9.22. The van der Waals surface area contributed by atoms with Crippen molar-refractivity contribution < 1.29 is 32.6 Å². The number of carbonyl (C=O) groups is 2. The molecule has 0 saturated heterocycles. The van der Waals surface area contributed by atoms with Crippen LogP contribution in [-0.4, -0.2) is 36.4 Å². The average Bonchev–Trinajstić information content (AvgIpc) is 2.68. The van der Waals surface area contributed by atoms with Gasteiger partial charge < -0.3 is 14.2 Å². The molecule has 8 aliphatic carbocycles. The maximum atomic E-state index is 13.4. The van der Waals surface area contributed by atoms with E-state index in [1.807, 2.05) is 0 Å². The average molecular weight is 453 g/mol. The van der Waals surface area contributed by atoms with Crippen LogP contribution < -0.4 is 0 Å². The fraction of sp³-hybridized carbons (Fsp3) is 0.920. The van der Waals surface area contributed by atoms with Gasteiger partial charge in [-0.1, -0.05) is 0 Å². The van der Waals surface area contributed by atoms with Crippen molar-refractivity contribution >= 4 is 11.9 Å². The first-order chi connectivity index (χ1) is 15.1. The number of carbonyl (C=O) groups excluding carboxylic acids is 2. The van der Waals surface area contributed by atoms with Gasteiger partial charge in [0, 0.05) is 6.92 Å². The second kappa shape index (κ2) is 7.13. The molecule has 0 aromatic carbocycles. The highest BCUT2D eigenvalue weighted by Gasteiger charge is 2.61. The number of esters is 2. The molecule has 32 heavy (non-hydrogen) atoms. The van der Waals surface area contributed by atoms with Crippen molar-refractivity contribution in [2.75, 3.05) is 6.79 Å². The lowest BCUT2D eigenvalue weighted by Gasteiger charge is -2.58. The summed E-state index contributed by atoms with van der Waals surface area (Å²) in [4.78, 5) is 25.0. The smallest absolute Gasteiger partial charge is 0.376 e. The van der Waals surface area contributed by atoms with Crippen LogP contribution in [0.15, 0.2) is 0 Å². The van der Waals surface area contributed by atoms with Crippen LogP contribution in [0.3, 0.4) is 0 Å². The van der Waals surface area contributed by atoms with Crippen molar-refractivity contribution in [1.29, 1.82) is 0 Å². The van der Waals surface area contributed by atoms with Gasteiger partial charge in [0.1, 0.15) is 6.10 Å². The first-order valence-electron chi connectivity index (χ1n) is 12.5. The summed E-state index contributed by atoms with van der Waals surface area (Å²) >= 11 is 0. The van der Waals surface area contributed by atoms with Crippen LogP contribution in [0.2, 0.25) is 0 Å². The summed E-state index contributed by atoms with van der Waals surface area (Å²) in [7, 11) is 0. The summed E-state index contributed by atoms with van der Waals surface area (Å²) < 4.78 is 44.1. The van der Waals surface area contributed by atoms with E-state index in [4.69, 9.17) is 14.2 Å². The van der Waals surface area contributed by atoms with Crippen molar-refractivity contribution in [2.45, 2.75) is 95.2 Å². The monoisotopic (exact) mass is 452 g/mol. The summed E-state index contributed by atoms with van der Waals surface area (Å²) in [6.07, 6.45) is 10.4. The zero-order chi connectivity index (χ0) is 22.3. The van der Waals surface area contributed by atoms with Gasteiger partial charge in [0.05, 0.1) is 11.0 Å². The Balaban J connectivity index is 1.08. The zero-order valence-electron chi connectivity index (χ0n) is 18.8. The van der Waals surface area contributed by atoms with E-state index in [1.54, 1.807) is 0 Å². The third kappa shape index (κ3) is 3.48. The van der Waals surface area contributed by atoms with Crippen LogP contribution in [0, 0.1) is 40.9 Å². The van der Waals surface area contributed by atoms with Gasteiger partial charge in [-0.05, 0) is 106 Å². The first kappa shape index (κ1) is 21.3. The Hall–Kier alpha value is -1.24. The molecule has 8 fully saturated rings. The molecule has 8 rings (SSSR count). The Morgan fingerprint density at radius 1 is 0.844 bits per heavy atom. The summed E-state index contributed by atoms with van der Waals surface area (Å²) in [6.45, 7) is 0.598. The Bertz CT molecular complexity index is 753. The Labute approximate surface area is 187 Å². The van der Waals surface area contributed by atoms with Gasteiger partial charge >= 0.3 is 17.9 Å². The summed E-state index contributed by atoms with van der Waals surface area (Å²) in [5.74, 6) is -2.52. The molecule has 5 nitrogen and oxygen atoms in total. The standard InChI is InChI=1S/C25H34F2O5/c1-23(26,27)21(28)32-20-18-5-17-6-19(20)12-24(7-17,11-18)22(29)30-13-31-25-8-14-2-15(9-25)4-16(3-14)10-25/h14-20H,2-13H2,1H3. The second-order valence-electron chi connectivity index (χ2n) is 12.3. The molecule has 0 aromatic heterocycles. The molecular formula is C25H34F2O5. The molecule has 0 radical (unpaired) electrons. The van der Waals surface area contributed by atoms with Crippen molar-refractivity contribution in [3.05, 3.63) is 0 Å².